The van der Waals surface area contributed by atoms with Gasteiger partial charge in [-0.05, 0) is 25.1 Å². The quantitative estimate of drug-likeness (QED) is 0.810. The Bertz CT molecular complexity index is 451. The van der Waals surface area contributed by atoms with Crippen LogP contribution >= 0.6 is 0 Å². The molecule has 0 atom stereocenters. The van der Waals surface area contributed by atoms with Crippen LogP contribution in [0.25, 0.3) is 0 Å². The Labute approximate surface area is 88.5 Å². The van der Waals surface area contributed by atoms with Gasteiger partial charge in [0.1, 0.15) is 17.3 Å². The summed E-state index contributed by atoms with van der Waals surface area (Å²) in [5.74, 6) is 1.96. The summed E-state index contributed by atoms with van der Waals surface area (Å²) >= 11 is 0. The first kappa shape index (κ1) is 9.52. The zero-order valence-electron chi connectivity index (χ0n) is 8.47. The van der Waals surface area contributed by atoms with E-state index in [1.54, 1.807) is 18.3 Å². The maximum atomic E-state index is 5.59. The van der Waals surface area contributed by atoms with Crippen molar-refractivity contribution >= 4 is 5.82 Å². The Morgan fingerprint density at radius 1 is 1.07 bits per heavy atom. The van der Waals surface area contributed by atoms with Crippen LogP contribution in [0.5, 0.6) is 11.5 Å². The molecular weight excluding hydrogens is 188 g/mol. The second-order valence-electron chi connectivity index (χ2n) is 3.33. The summed E-state index contributed by atoms with van der Waals surface area (Å²) < 4.78 is 5.59. The Hall–Kier alpha value is -2.03. The third-order valence-electron chi connectivity index (χ3n) is 2.01. The first-order valence-corrected chi connectivity index (χ1v) is 4.70. The van der Waals surface area contributed by atoms with E-state index in [0.717, 1.165) is 5.75 Å². The number of aromatic nitrogens is 1. The molecule has 3 heteroatoms. The van der Waals surface area contributed by atoms with Crippen molar-refractivity contribution in [3.8, 4) is 11.5 Å². The monoisotopic (exact) mass is 200 g/mol. The van der Waals surface area contributed by atoms with E-state index < -0.39 is 0 Å². The van der Waals surface area contributed by atoms with Crippen LogP contribution in [0.15, 0.2) is 42.6 Å². The molecule has 76 valence electrons. The van der Waals surface area contributed by atoms with Crippen LogP contribution in [-0.4, -0.2) is 4.98 Å². The van der Waals surface area contributed by atoms with Gasteiger partial charge < -0.3 is 10.5 Å². The van der Waals surface area contributed by atoms with Crippen molar-refractivity contribution < 1.29 is 4.74 Å². The van der Waals surface area contributed by atoms with Gasteiger partial charge in [0, 0.05) is 12.3 Å². The van der Waals surface area contributed by atoms with Gasteiger partial charge in [0.2, 0.25) is 0 Å². The summed E-state index contributed by atoms with van der Waals surface area (Å²) in [6.07, 6.45) is 1.62. The SMILES string of the molecule is Cc1ccc(Oc2ccnc(N)c2)cc1. The lowest BCUT2D eigenvalue weighted by Gasteiger charge is -2.05. The maximum Gasteiger partial charge on any atom is 0.132 e. The van der Waals surface area contributed by atoms with Crippen molar-refractivity contribution in [2.75, 3.05) is 5.73 Å². The number of hydrogen-bond donors (Lipinski definition) is 1. The standard InChI is InChI=1S/C12H12N2O/c1-9-2-4-10(5-3-9)15-11-6-7-14-12(13)8-11/h2-8H,1H3,(H2,13,14). The Kier molecular flexibility index (Phi) is 2.54. The lowest BCUT2D eigenvalue weighted by atomic mass is 10.2. The van der Waals surface area contributed by atoms with Gasteiger partial charge in [-0.3, -0.25) is 0 Å². The van der Waals surface area contributed by atoms with Gasteiger partial charge in [0.25, 0.3) is 0 Å². The van der Waals surface area contributed by atoms with E-state index >= 15 is 0 Å². The number of nitrogens with zero attached hydrogens (tertiary/aromatic N) is 1. The van der Waals surface area contributed by atoms with Gasteiger partial charge in [-0.25, -0.2) is 4.98 Å². The van der Waals surface area contributed by atoms with E-state index in [-0.39, 0.29) is 0 Å². The first-order valence-electron chi connectivity index (χ1n) is 4.70. The third-order valence-corrected chi connectivity index (χ3v) is 2.01. The summed E-state index contributed by atoms with van der Waals surface area (Å²) in [5, 5.41) is 0. The summed E-state index contributed by atoms with van der Waals surface area (Å²) in [5.41, 5.74) is 6.75. The predicted octanol–water partition coefficient (Wildman–Crippen LogP) is 2.76. The normalized spacial score (nSPS) is 9.93. The van der Waals surface area contributed by atoms with Crippen molar-refractivity contribution in [2.24, 2.45) is 0 Å². The number of hydrogen-bond acceptors (Lipinski definition) is 3. The molecule has 0 aliphatic rings. The maximum absolute atomic E-state index is 5.59. The lowest BCUT2D eigenvalue weighted by Crippen LogP contribution is -1.90. The topological polar surface area (TPSA) is 48.1 Å². The molecule has 1 aromatic heterocycles. The summed E-state index contributed by atoms with van der Waals surface area (Å²) in [7, 11) is 0. The summed E-state index contributed by atoms with van der Waals surface area (Å²) in [4.78, 5) is 3.89. The first-order chi connectivity index (χ1) is 7.24. The highest BCUT2D eigenvalue weighted by Gasteiger charge is 1.97. The molecule has 0 radical (unpaired) electrons. The molecule has 2 aromatic rings. The molecule has 3 nitrogen and oxygen atoms in total. The van der Waals surface area contributed by atoms with E-state index in [9.17, 15) is 0 Å². The van der Waals surface area contributed by atoms with Crippen LogP contribution < -0.4 is 10.5 Å². The molecule has 0 saturated carbocycles. The highest BCUT2D eigenvalue weighted by Crippen LogP contribution is 2.21. The number of nitrogens with two attached hydrogens (primary N) is 1. The van der Waals surface area contributed by atoms with Crippen LogP contribution in [0.2, 0.25) is 0 Å². The number of rotatable bonds is 2. The van der Waals surface area contributed by atoms with Crippen molar-refractivity contribution in [3.05, 3.63) is 48.2 Å². The van der Waals surface area contributed by atoms with E-state index in [4.69, 9.17) is 10.5 Å². The minimum atomic E-state index is 0.458. The summed E-state index contributed by atoms with van der Waals surface area (Å²) in [6.45, 7) is 2.04. The number of benzene rings is 1. The van der Waals surface area contributed by atoms with Crippen molar-refractivity contribution in [3.63, 3.8) is 0 Å². The second kappa shape index (κ2) is 4.00. The van der Waals surface area contributed by atoms with Gasteiger partial charge in [-0.1, -0.05) is 17.7 Å². The molecule has 0 saturated heterocycles. The van der Waals surface area contributed by atoms with Gasteiger partial charge in [0.15, 0.2) is 0 Å². The minimum Gasteiger partial charge on any atom is -0.457 e. The molecule has 0 aliphatic carbocycles. The van der Waals surface area contributed by atoms with Gasteiger partial charge in [-0.15, -0.1) is 0 Å². The molecule has 0 aliphatic heterocycles. The molecule has 0 bridgehead atoms. The number of aryl methyl sites for hydroxylation is 1. The average molecular weight is 200 g/mol. The van der Waals surface area contributed by atoms with Gasteiger partial charge in [-0.2, -0.15) is 0 Å². The van der Waals surface area contributed by atoms with Crippen molar-refractivity contribution in [1.82, 2.24) is 4.98 Å². The summed E-state index contributed by atoms with van der Waals surface area (Å²) in [6, 6.07) is 11.3. The smallest absolute Gasteiger partial charge is 0.132 e. The predicted molar refractivity (Wildman–Crippen MR) is 59.9 cm³/mol. The molecule has 0 fully saturated rings. The van der Waals surface area contributed by atoms with E-state index in [2.05, 4.69) is 4.98 Å². The molecule has 0 unspecified atom stereocenters. The van der Waals surface area contributed by atoms with Crippen LogP contribution in [0.4, 0.5) is 5.82 Å². The van der Waals surface area contributed by atoms with Crippen LogP contribution in [0, 0.1) is 6.92 Å². The van der Waals surface area contributed by atoms with Gasteiger partial charge >= 0.3 is 0 Å². The zero-order valence-corrected chi connectivity index (χ0v) is 8.47. The molecule has 2 rings (SSSR count). The highest BCUT2D eigenvalue weighted by atomic mass is 16.5. The minimum absolute atomic E-state index is 0.458. The Balaban J connectivity index is 2.18. The molecule has 2 N–H and O–H groups in total. The van der Waals surface area contributed by atoms with Crippen LogP contribution in [0.3, 0.4) is 0 Å². The fraction of sp³-hybridized carbons (Fsp3) is 0.0833. The fourth-order valence-corrected chi connectivity index (χ4v) is 1.23. The van der Waals surface area contributed by atoms with E-state index in [1.807, 2.05) is 31.2 Å². The average Bonchev–Trinajstić information content (AvgIpc) is 2.22. The largest absolute Gasteiger partial charge is 0.457 e. The van der Waals surface area contributed by atoms with E-state index in [0.29, 0.717) is 11.6 Å². The second-order valence-corrected chi connectivity index (χ2v) is 3.33. The number of nitrogen functional groups attached to an aromatic ring is 1. The van der Waals surface area contributed by atoms with Crippen molar-refractivity contribution in [2.45, 2.75) is 6.92 Å². The fourth-order valence-electron chi connectivity index (χ4n) is 1.23. The zero-order chi connectivity index (χ0) is 10.7. The third kappa shape index (κ3) is 2.47. The number of anilines is 1. The number of ether oxygens (including phenoxy) is 1. The lowest BCUT2D eigenvalue weighted by molar-refractivity contribution is 0.482. The van der Waals surface area contributed by atoms with E-state index in [1.165, 1.54) is 5.56 Å². The molecule has 0 spiro atoms. The Morgan fingerprint density at radius 3 is 2.47 bits per heavy atom. The molecule has 15 heavy (non-hydrogen) atoms. The van der Waals surface area contributed by atoms with Crippen LogP contribution in [-0.2, 0) is 0 Å². The van der Waals surface area contributed by atoms with Crippen molar-refractivity contribution in [1.29, 1.82) is 0 Å². The van der Waals surface area contributed by atoms with Crippen LogP contribution in [0.1, 0.15) is 5.56 Å². The molecule has 1 aromatic carbocycles. The van der Waals surface area contributed by atoms with Gasteiger partial charge in [0.05, 0.1) is 0 Å². The number of pyridine rings is 1. The molecule has 1 heterocycles. The molecule has 0 amide bonds. The Morgan fingerprint density at radius 2 is 1.80 bits per heavy atom. The molecular formula is C12H12N2O. The highest BCUT2D eigenvalue weighted by molar-refractivity contribution is 5.39.